The normalized spacial score (nSPS) is 16.0. The highest BCUT2D eigenvalue weighted by Crippen LogP contribution is 2.36. The number of alkyl halides is 1. The van der Waals surface area contributed by atoms with Crippen molar-refractivity contribution in [2.75, 3.05) is 5.32 Å². The van der Waals surface area contributed by atoms with E-state index in [1.807, 2.05) is 19.9 Å². The zero-order valence-corrected chi connectivity index (χ0v) is 13.8. The van der Waals surface area contributed by atoms with Crippen molar-refractivity contribution < 1.29 is 9.21 Å². The third-order valence-corrected chi connectivity index (χ3v) is 4.92. The van der Waals surface area contributed by atoms with Gasteiger partial charge in [-0.2, -0.15) is 0 Å². The van der Waals surface area contributed by atoms with Crippen LogP contribution in [-0.2, 0) is 11.2 Å². The van der Waals surface area contributed by atoms with E-state index < -0.39 is 0 Å². The van der Waals surface area contributed by atoms with Gasteiger partial charge in [0.15, 0.2) is 0 Å². The van der Waals surface area contributed by atoms with Crippen molar-refractivity contribution in [1.82, 2.24) is 0 Å². The van der Waals surface area contributed by atoms with Gasteiger partial charge in [-0.1, -0.05) is 28.1 Å². The maximum absolute atomic E-state index is 11.6. The Morgan fingerprint density at radius 3 is 2.76 bits per heavy atom. The maximum atomic E-state index is 11.6. The molecule has 1 aromatic carbocycles. The minimum absolute atomic E-state index is 0.109. The van der Waals surface area contributed by atoms with E-state index in [-0.39, 0.29) is 10.7 Å². The van der Waals surface area contributed by atoms with Gasteiger partial charge in [0, 0.05) is 17.7 Å². The first kappa shape index (κ1) is 14.4. The molecule has 3 rings (SSSR count). The standard InChI is InChI=1S/C17H18BrNO2/c1-10-8-14(11(2)21-10)17(18)13-6-7-15-12(9-13)4-3-5-16(20)19-15/h6-9,17H,3-5H2,1-2H3,(H,19,20). The smallest absolute Gasteiger partial charge is 0.224 e. The summed E-state index contributed by atoms with van der Waals surface area (Å²) in [7, 11) is 0. The van der Waals surface area contributed by atoms with E-state index in [4.69, 9.17) is 4.42 Å². The van der Waals surface area contributed by atoms with Crippen molar-refractivity contribution in [3.05, 3.63) is 52.5 Å². The lowest BCUT2D eigenvalue weighted by molar-refractivity contribution is -0.116. The maximum Gasteiger partial charge on any atom is 0.224 e. The molecule has 1 aliphatic rings. The van der Waals surface area contributed by atoms with Crippen molar-refractivity contribution in [2.24, 2.45) is 0 Å². The molecule has 0 saturated carbocycles. The molecule has 1 unspecified atom stereocenters. The van der Waals surface area contributed by atoms with Crippen LogP contribution in [-0.4, -0.2) is 5.91 Å². The highest BCUT2D eigenvalue weighted by molar-refractivity contribution is 9.09. The van der Waals surface area contributed by atoms with E-state index in [0.29, 0.717) is 6.42 Å². The monoisotopic (exact) mass is 347 g/mol. The molecule has 2 heterocycles. The summed E-state index contributed by atoms with van der Waals surface area (Å²) >= 11 is 3.77. The second-order valence-electron chi connectivity index (χ2n) is 5.55. The van der Waals surface area contributed by atoms with Crippen molar-refractivity contribution in [3.8, 4) is 0 Å². The summed E-state index contributed by atoms with van der Waals surface area (Å²) < 4.78 is 5.62. The summed E-state index contributed by atoms with van der Waals surface area (Å²) in [5.41, 5.74) is 4.50. The van der Waals surface area contributed by atoms with Gasteiger partial charge in [0.25, 0.3) is 0 Å². The Bertz CT molecular complexity index is 690. The molecule has 0 spiro atoms. The molecule has 4 heteroatoms. The molecule has 21 heavy (non-hydrogen) atoms. The number of aryl methyl sites for hydroxylation is 3. The van der Waals surface area contributed by atoms with E-state index >= 15 is 0 Å². The molecule has 110 valence electrons. The average molecular weight is 348 g/mol. The lowest BCUT2D eigenvalue weighted by Gasteiger charge is -2.13. The van der Waals surface area contributed by atoms with Gasteiger partial charge in [-0.15, -0.1) is 0 Å². The first-order valence-corrected chi connectivity index (χ1v) is 8.10. The second kappa shape index (κ2) is 5.68. The SMILES string of the molecule is Cc1cc(C(Br)c2ccc3c(c2)CCCC(=O)N3)c(C)o1. The fourth-order valence-electron chi connectivity index (χ4n) is 2.83. The molecule has 0 saturated heterocycles. The number of nitrogens with one attached hydrogen (secondary N) is 1. The first-order valence-electron chi connectivity index (χ1n) is 7.18. The fourth-order valence-corrected chi connectivity index (χ4v) is 3.57. The number of benzene rings is 1. The van der Waals surface area contributed by atoms with Gasteiger partial charge in [0.05, 0.1) is 4.83 Å². The summed E-state index contributed by atoms with van der Waals surface area (Å²) in [6.07, 6.45) is 2.44. The molecule has 3 nitrogen and oxygen atoms in total. The van der Waals surface area contributed by atoms with E-state index in [1.165, 1.54) is 11.1 Å². The molecule has 0 bridgehead atoms. The molecule has 2 aromatic rings. The van der Waals surface area contributed by atoms with Crippen LogP contribution in [0.15, 0.2) is 28.7 Å². The van der Waals surface area contributed by atoms with Crippen LogP contribution in [0.3, 0.4) is 0 Å². The summed E-state index contributed by atoms with van der Waals surface area (Å²) in [5.74, 6) is 1.98. The van der Waals surface area contributed by atoms with Gasteiger partial charge in [-0.25, -0.2) is 0 Å². The molecular formula is C17H18BrNO2. The molecule has 1 atom stereocenters. The molecule has 0 aliphatic carbocycles. The van der Waals surface area contributed by atoms with E-state index in [9.17, 15) is 4.79 Å². The van der Waals surface area contributed by atoms with Gasteiger partial charge in [0.1, 0.15) is 11.5 Å². The van der Waals surface area contributed by atoms with Gasteiger partial charge in [-0.3, -0.25) is 4.79 Å². The summed E-state index contributed by atoms with van der Waals surface area (Å²) in [5, 5.41) is 2.97. The Labute approximate surface area is 132 Å². The van der Waals surface area contributed by atoms with Crippen molar-refractivity contribution in [3.63, 3.8) is 0 Å². The fraction of sp³-hybridized carbons (Fsp3) is 0.353. The number of hydrogen-bond acceptors (Lipinski definition) is 2. The van der Waals surface area contributed by atoms with Crippen LogP contribution < -0.4 is 5.32 Å². The number of carbonyl (C=O) groups is 1. The number of amides is 1. The molecule has 1 aliphatic heterocycles. The molecule has 1 amide bonds. The molecule has 0 fully saturated rings. The molecule has 0 radical (unpaired) electrons. The Hall–Kier alpha value is -1.55. The van der Waals surface area contributed by atoms with Crippen LogP contribution in [0.1, 0.15) is 45.9 Å². The van der Waals surface area contributed by atoms with Crippen LogP contribution in [0.25, 0.3) is 0 Å². The Kier molecular flexibility index (Phi) is 3.89. The third-order valence-electron chi connectivity index (χ3n) is 3.90. The Morgan fingerprint density at radius 1 is 1.24 bits per heavy atom. The lowest BCUT2D eigenvalue weighted by Crippen LogP contribution is -2.09. The van der Waals surface area contributed by atoms with Crippen LogP contribution in [0.4, 0.5) is 5.69 Å². The molecule has 1 N–H and O–H groups in total. The van der Waals surface area contributed by atoms with E-state index in [1.54, 1.807) is 0 Å². The predicted molar refractivity (Wildman–Crippen MR) is 87.0 cm³/mol. The topological polar surface area (TPSA) is 42.2 Å². The second-order valence-corrected chi connectivity index (χ2v) is 6.47. The summed E-state index contributed by atoms with van der Waals surface area (Å²) in [6, 6.07) is 8.32. The van der Waals surface area contributed by atoms with Gasteiger partial charge >= 0.3 is 0 Å². The average Bonchev–Trinajstić information content (AvgIpc) is 2.67. The quantitative estimate of drug-likeness (QED) is 0.803. The van der Waals surface area contributed by atoms with Gasteiger partial charge in [-0.05, 0) is 49.9 Å². The summed E-state index contributed by atoms with van der Waals surface area (Å²) in [6.45, 7) is 3.95. The van der Waals surface area contributed by atoms with Crippen molar-refractivity contribution in [1.29, 1.82) is 0 Å². The Balaban J connectivity index is 1.95. The third kappa shape index (κ3) is 2.91. The number of furan rings is 1. The van der Waals surface area contributed by atoms with Gasteiger partial charge in [0.2, 0.25) is 5.91 Å². The van der Waals surface area contributed by atoms with Crippen LogP contribution in [0.2, 0.25) is 0 Å². The minimum Gasteiger partial charge on any atom is -0.466 e. The minimum atomic E-state index is 0.109. The zero-order chi connectivity index (χ0) is 15.0. The summed E-state index contributed by atoms with van der Waals surface area (Å²) in [4.78, 5) is 11.7. The molecule has 1 aromatic heterocycles. The number of rotatable bonds is 2. The van der Waals surface area contributed by atoms with Crippen LogP contribution in [0, 0.1) is 13.8 Å². The van der Waals surface area contributed by atoms with E-state index in [0.717, 1.165) is 35.6 Å². The van der Waals surface area contributed by atoms with Crippen molar-refractivity contribution in [2.45, 2.75) is 37.9 Å². The number of fused-ring (bicyclic) bond motifs is 1. The number of carbonyl (C=O) groups excluding carboxylic acids is 1. The highest BCUT2D eigenvalue weighted by Gasteiger charge is 2.19. The number of anilines is 1. The van der Waals surface area contributed by atoms with E-state index in [2.05, 4.69) is 39.4 Å². The largest absolute Gasteiger partial charge is 0.466 e. The van der Waals surface area contributed by atoms with Crippen molar-refractivity contribution >= 4 is 27.5 Å². The lowest BCUT2D eigenvalue weighted by atomic mass is 9.99. The Morgan fingerprint density at radius 2 is 2.05 bits per heavy atom. The van der Waals surface area contributed by atoms with Gasteiger partial charge < -0.3 is 9.73 Å². The number of halogens is 1. The molecular weight excluding hydrogens is 330 g/mol. The zero-order valence-electron chi connectivity index (χ0n) is 12.2. The first-order chi connectivity index (χ1) is 10.0. The van der Waals surface area contributed by atoms with Crippen LogP contribution in [0.5, 0.6) is 0 Å². The number of hydrogen-bond donors (Lipinski definition) is 1. The highest BCUT2D eigenvalue weighted by atomic mass is 79.9. The predicted octanol–water partition coefficient (Wildman–Crippen LogP) is 4.66. The van der Waals surface area contributed by atoms with Crippen LogP contribution >= 0.6 is 15.9 Å².